The van der Waals surface area contributed by atoms with Crippen LogP contribution in [0, 0.1) is 17.6 Å². The molecule has 1 saturated heterocycles. The van der Waals surface area contributed by atoms with Gasteiger partial charge in [0.2, 0.25) is 5.88 Å². The molecule has 222 valence electrons. The van der Waals surface area contributed by atoms with Crippen molar-refractivity contribution in [2.75, 3.05) is 18.0 Å². The molecule has 3 aliphatic rings. The molecule has 2 heterocycles. The van der Waals surface area contributed by atoms with Gasteiger partial charge in [-0.05, 0) is 91.5 Å². The molecule has 1 saturated carbocycles. The zero-order valence-electron chi connectivity index (χ0n) is 22.7. The van der Waals surface area contributed by atoms with Crippen molar-refractivity contribution >= 4 is 11.7 Å². The number of aliphatic carboxylic acids is 1. The van der Waals surface area contributed by atoms with E-state index in [-0.39, 0.29) is 28.8 Å². The Morgan fingerprint density at radius 3 is 2.45 bits per heavy atom. The maximum atomic E-state index is 15.4. The molecule has 42 heavy (non-hydrogen) atoms. The van der Waals surface area contributed by atoms with E-state index in [1.54, 1.807) is 19.2 Å². The van der Waals surface area contributed by atoms with Gasteiger partial charge in [0.05, 0.1) is 17.1 Å². The third-order valence-corrected chi connectivity index (χ3v) is 8.98. The van der Waals surface area contributed by atoms with Crippen molar-refractivity contribution in [3.8, 4) is 17.0 Å². The van der Waals surface area contributed by atoms with E-state index in [4.69, 9.17) is 4.74 Å². The molecule has 11 heteroatoms. The third-order valence-electron chi connectivity index (χ3n) is 8.98. The van der Waals surface area contributed by atoms with E-state index in [1.165, 1.54) is 12.1 Å². The van der Waals surface area contributed by atoms with Crippen molar-refractivity contribution in [3.63, 3.8) is 0 Å². The first-order chi connectivity index (χ1) is 19.8. The summed E-state index contributed by atoms with van der Waals surface area (Å²) in [4.78, 5) is 17.6. The molecule has 6 nitrogen and oxygen atoms in total. The number of hydrogen-bond acceptors (Lipinski definition) is 5. The molecule has 2 aromatic carbocycles. The highest BCUT2D eigenvalue weighted by molar-refractivity contribution is 5.74. The van der Waals surface area contributed by atoms with Crippen LogP contribution in [0.2, 0.25) is 0 Å². The van der Waals surface area contributed by atoms with Crippen molar-refractivity contribution in [3.05, 3.63) is 76.5 Å². The fourth-order valence-electron chi connectivity index (χ4n) is 6.62. The number of carbonyl (C=O) groups is 1. The predicted octanol–water partition coefficient (Wildman–Crippen LogP) is 6.65. The van der Waals surface area contributed by atoms with Gasteiger partial charge in [-0.25, -0.2) is 13.8 Å². The Labute approximate surface area is 238 Å². The number of carboxylic acids is 1. The Balaban J connectivity index is 1.26. The van der Waals surface area contributed by atoms with Gasteiger partial charge < -0.3 is 19.8 Å². The summed E-state index contributed by atoms with van der Waals surface area (Å²) in [7, 11) is 0. The highest BCUT2D eigenvalue weighted by atomic mass is 19.4. The number of carboxylic acid groups (broad SMARTS) is 1. The molecule has 2 fully saturated rings. The summed E-state index contributed by atoms with van der Waals surface area (Å²) in [6.07, 6.45) is -1.22. The second kappa shape index (κ2) is 10.2. The zero-order chi connectivity index (χ0) is 30.0. The van der Waals surface area contributed by atoms with Crippen LogP contribution in [0.4, 0.5) is 27.6 Å². The first-order valence-corrected chi connectivity index (χ1v) is 13.8. The lowest BCUT2D eigenvalue weighted by molar-refractivity contribution is -0.142. The van der Waals surface area contributed by atoms with Crippen molar-refractivity contribution in [1.82, 2.24) is 4.98 Å². The molecule has 2 N–H and O–H groups in total. The van der Waals surface area contributed by atoms with Crippen LogP contribution in [0.25, 0.3) is 11.1 Å². The van der Waals surface area contributed by atoms with Crippen LogP contribution in [0.5, 0.6) is 5.88 Å². The molecule has 2 aliphatic carbocycles. The molecular formula is C31H29F5N2O4. The Kier molecular flexibility index (Phi) is 6.91. The van der Waals surface area contributed by atoms with Crippen LogP contribution in [0.1, 0.15) is 66.7 Å². The minimum Gasteiger partial charge on any atom is -0.481 e. The number of aliphatic hydroxyl groups is 1. The third kappa shape index (κ3) is 5.19. The summed E-state index contributed by atoms with van der Waals surface area (Å²) in [6.45, 7) is 2.22. The first-order valence-electron chi connectivity index (χ1n) is 13.8. The zero-order valence-corrected chi connectivity index (χ0v) is 22.7. The lowest BCUT2D eigenvalue weighted by atomic mass is 9.85. The number of aromatic nitrogens is 1. The average molecular weight is 589 g/mol. The van der Waals surface area contributed by atoms with E-state index in [0.717, 1.165) is 23.3 Å². The van der Waals surface area contributed by atoms with Gasteiger partial charge in [-0.15, -0.1) is 0 Å². The van der Waals surface area contributed by atoms with Crippen LogP contribution in [-0.4, -0.2) is 39.9 Å². The fourth-order valence-corrected chi connectivity index (χ4v) is 6.62. The number of rotatable bonds is 6. The Morgan fingerprint density at radius 2 is 1.79 bits per heavy atom. The number of hydrogen-bond donors (Lipinski definition) is 2. The van der Waals surface area contributed by atoms with Gasteiger partial charge >= 0.3 is 12.1 Å². The molecule has 1 unspecified atom stereocenters. The van der Waals surface area contributed by atoms with Crippen molar-refractivity contribution in [2.24, 2.45) is 5.92 Å². The minimum absolute atomic E-state index is 0.0508. The molecule has 0 spiro atoms. The molecule has 2 bridgehead atoms. The summed E-state index contributed by atoms with van der Waals surface area (Å²) in [5.74, 6) is -3.25. The summed E-state index contributed by atoms with van der Waals surface area (Å²) in [5.41, 5.74) is -0.890. The number of ether oxygens (including phenoxy) is 1. The van der Waals surface area contributed by atoms with Crippen LogP contribution in [0.3, 0.4) is 0 Å². The molecule has 1 aromatic heterocycles. The van der Waals surface area contributed by atoms with Crippen LogP contribution in [0.15, 0.2) is 42.6 Å². The normalized spacial score (nSPS) is 22.7. The second-order valence-corrected chi connectivity index (χ2v) is 11.8. The molecule has 3 atom stereocenters. The molecule has 1 aliphatic heterocycles. The molecule has 6 rings (SSSR count). The number of pyridine rings is 1. The second-order valence-electron chi connectivity index (χ2n) is 11.8. The monoisotopic (exact) mass is 588 g/mol. The van der Waals surface area contributed by atoms with Gasteiger partial charge in [-0.3, -0.25) is 4.79 Å². The average Bonchev–Trinajstić information content (AvgIpc) is 3.52. The van der Waals surface area contributed by atoms with E-state index in [2.05, 4.69) is 4.98 Å². The Bertz CT molecular complexity index is 1550. The van der Waals surface area contributed by atoms with Crippen molar-refractivity contribution < 1.29 is 41.7 Å². The summed E-state index contributed by atoms with van der Waals surface area (Å²) in [6, 6.07) is 6.93. The lowest BCUT2D eigenvalue weighted by Gasteiger charge is -2.37. The van der Waals surface area contributed by atoms with Gasteiger partial charge in [-0.1, -0.05) is 0 Å². The van der Waals surface area contributed by atoms with Gasteiger partial charge in [0, 0.05) is 42.2 Å². The molecular weight excluding hydrogens is 559 g/mol. The van der Waals surface area contributed by atoms with Crippen molar-refractivity contribution in [1.29, 1.82) is 0 Å². The number of nitrogens with zero attached hydrogens (tertiary/aromatic N) is 2. The van der Waals surface area contributed by atoms with E-state index in [1.807, 2.05) is 4.90 Å². The lowest BCUT2D eigenvalue weighted by Crippen LogP contribution is -2.42. The maximum Gasteiger partial charge on any atom is 0.417 e. The summed E-state index contributed by atoms with van der Waals surface area (Å²) in [5, 5.41) is 19.6. The minimum atomic E-state index is -4.94. The van der Waals surface area contributed by atoms with Crippen LogP contribution < -0.4 is 9.64 Å². The van der Waals surface area contributed by atoms with E-state index in [0.29, 0.717) is 50.5 Å². The van der Waals surface area contributed by atoms with Gasteiger partial charge in [0.25, 0.3) is 0 Å². The van der Waals surface area contributed by atoms with E-state index >= 15 is 4.39 Å². The number of alkyl halides is 3. The number of anilines is 1. The van der Waals surface area contributed by atoms with Gasteiger partial charge in [-0.2, -0.15) is 13.2 Å². The molecule has 0 radical (unpaired) electrons. The van der Waals surface area contributed by atoms with Gasteiger partial charge in [0.15, 0.2) is 0 Å². The number of halogens is 5. The van der Waals surface area contributed by atoms with Crippen LogP contribution in [-0.2, 0) is 17.6 Å². The fraction of sp³-hybridized carbons (Fsp3) is 0.419. The summed E-state index contributed by atoms with van der Waals surface area (Å²) < 4.78 is 77.8. The highest BCUT2D eigenvalue weighted by Gasteiger charge is 2.47. The van der Waals surface area contributed by atoms with Crippen LogP contribution >= 0.6 is 0 Å². The largest absolute Gasteiger partial charge is 0.481 e. The maximum absolute atomic E-state index is 15.4. The Hall–Kier alpha value is -3.73. The number of benzene rings is 2. The van der Waals surface area contributed by atoms with E-state index < -0.39 is 53.0 Å². The molecule has 0 amide bonds. The summed E-state index contributed by atoms with van der Waals surface area (Å²) >= 11 is 0. The molecule has 3 aromatic rings. The highest BCUT2D eigenvalue weighted by Crippen LogP contribution is 2.56. The quantitative estimate of drug-likeness (QED) is 0.314. The SMILES string of the molecule is CC1(O)CCN(c2ccc(-c3cc(COc4cc5c(cn4)[C@H]4CC5C[C@@H]4C(=O)O)c(F)cc3C(F)(F)F)c(F)c2)CC1. The first kappa shape index (κ1) is 28.4. The topological polar surface area (TPSA) is 82.9 Å². The Morgan fingerprint density at radius 1 is 1.05 bits per heavy atom. The predicted molar refractivity (Wildman–Crippen MR) is 143 cm³/mol. The van der Waals surface area contributed by atoms with E-state index in [9.17, 15) is 32.6 Å². The number of fused-ring (bicyclic) bond motifs is 5. The standard InChI is InChI=1S/C31H29F5N2O4/c1-30(41)4-6-38(7-5-30)18-2-3-19(27(33)11-18)22-10-17(26(32)13-25(22)31(34,35)36)15-42-28-12-20-16-8-21(24(20)14-37-28)23(9-16)29(39)40/h2-3,10-14,16,21,23,41H,4-9,15H2,1H3,(H,39,40)/t16?,21-,23-/m0/s1. The number of piperidine rings is 1. The smallest absolute Gasteiger partial charge is 0.417 e. The van der Waals surface area contributed by atoms with Gasteiger partial charge in [0.1, 0.15) is 18.2 Å². The van der Waals surface area contributed by atoms with Crippen molar-refractivity contribution in [2.45, 2.75) is 62.8 Å².